The minimum Gasteiger partial charge on any atom is -0.493 e. The van der Waals surface area contributed by atoms with Crippen molar-refractivity contribution in [2.75, 3.05) is 21.3 Å². The van der Waals surface area contributed by atoms with Gasteiger partial charge >= 0.3 is 0 Å². The molecule has 1 N–H and O–H groups in total. The SMILES string of the molecule is COc1cc(C(=O)N[C@@H](C)c2ccc(C)cc2)cc(OC)c1OC. The van der Waals surface area contributed by atoms with Crippen LogP contribution in [0, 0.1) is 6.92 Å². The molecule has 2 rings (SSSR count). The average Bonchev–Trinajstić information content (AvgIpc) is 2.60. The number of carbonyl (C=O) groups is 1. The van der Waals surface area contributed by atoms with Gasteiger partial charge in [-0.3, -0.25) is 4.79 Å². The van der Waals surface area contributed by atoms with Gasteiger partial charge in [-0.25, -0.2) is 0 Å². The predicted octanol–water partition coefficient (Wildman–Crippen LogP) is 3.51. The van der Waals surface area contributed by atoms with Crippen molar-refractivity contribution in [3.8, 4) is 17.2 Å². The number of methoxy groups -OCH3 is 3. The number of benzene rings is 2. The molecule has 0 saturated heterocycles. The first-order valence-electron chi connectivity index (χ1n) is 7.67. The Bertz CT molecular complexity index is 685. The van der Waals surface area contributed by atoms with Crippen LogP contribution in [0.2, 0.25) is 0 Å². The van der Waals surface area contributed by atoms with Gasteiger partial charge in [0.15, 0.2) is 11.5 Å². The molecular weight excluding hydrogens is 306 g/mol. The Balaban J connectivity index is 2.24. The molecule has 2 aromatic carbocycles. The highest BCUT2D eigenvalue weighted by Gasteiger charge is 2.18. The zero-order chi connectivity index (χ0) is 17.7. The van der Waals surface area contributed by atoms with E-state index < -0.39 is 0 Å². The molecule has 1 amide bonds. The largest absolute Gasteiger partial charge is 0.493 e. The highest BCUT2D eigenvalue weighted by atomic mass is 16.5. The third-order valence-electron chi connectivity index (χ3n) is 3.85. The summed E-state index contributed by atoms with van der Waals surface area (Å²) >= 11 is 0. The number of hydrogen-bond acceptors (Lipinski definition) is 4. The quantitative estimate of drug-likeness (QED) is 0.881. The van der Waals surface area contributed by atoms with Crippen LogP contribution in [-0.2, 0) is 0 Å². The van der Waals surface area contributed by atoms with Crippen LogP contribution >= 0.6 is 0 Å². The van der Waals surface area contributed by atoms with Gasteiger partial charge in [-0.05, 0) is 31.5 Å². The summed E-state index contributed by atoms with van der Waals surface area (Å²) in [5, 5.41) is 2.98. The Morgan fingerprint density at radius 1 is 0.958 bits per heavy atom. The number of ether oxygens (including phenoxy) is 3. The van der Waals surface area contributed by atoms with E-state index in [1.807, 2.05) is 38.1 Å². The highest BCUT2D eigenvalue weighted by Crippen LogP contribution is 2.38. The van der Waals surface area contributed by atoms with Gasteiger partial charge in [0.1, 0.15) is 0 Å². The van der Waals surface area contributed by atoms with Crippen molar-refractivity contribution >= 4 is 5.91 Å². The summed E-state index contributed by atoms with van der Waals surface area (Å²) in [5.74, 6) is 1.15. The Hall–Kier alpha value is -2.69. The first-order valence-corrected chi connectivity index (χ1v) is 7.67. The molecule has 0 aliphatic carbocycles. The van der Waals surface area contributed by atoms with E-state index in [1.54, 1.807) is 12.1 Å². The molecule has 24 heavy (non-hydrogen) atoms. The molecule has 128 valence electrons. The summed E-state index contributed by atoms with van der Waals surface area (Å²) in [5.41, 5.74) is 2.67. The number of aryl methyl sites for hydroxylation is 1. The monoisotopic (exact) mass is 329 g/mol. The normalized spacial score (nSPS) is 11.5. The van der Waals surface area contributed by atoms with E-state index in [-0.39, 0.29) is 11.9 Å². The van der Waals surface area contributed by atoms with Gasteiger partial charge in [0, 0.05) is 5.56 Å². The molecule has 0 fully saturated rings. The summed E-state index contributed by atoms with van der Waals surface area (Å²) in [6.07, 6.45) is 0. The second kappa shape index (κ2) is 7.73. The van der Waals surface area contributed by atoms with Crippen LogP contribution in [0.1, 0.15) is 34.5 Å². The van der Waals surface area contributed by atoms with Crippen molar-refractivity contribution in [2.24, 2.45) is 0 Å². The maximum absolute atomic E-state index is 12.6. The lowest BCUT2D eigenvalue weighted by atomic mass is 10.1. The zero-order valence-corrected chi connectivity index (χ0v) is 14.7. The smallest absolute Gasteiger partial charge is 0.252 e. The van der Waals surface area contributed by atoms with E-state index in [9.17, 15) is 4.79 Å². The van der Waals surface area contributed by atoms with Crippen molar-refractivity contribution in [2.45, 2.75) is 19.9 Å². The van der Waals surface area contributed by atoms with Gasteiger partial charge in [-0.2, -0.15) is 0 Å². The molecule has 0 saturated carbocycles. The van der Waals surface area contributed by atoms with Gasteiger partial charge in [-0.15, -0.1) is 0 Å². The first-order chi connectivity index (χ1) is 11.5. The summed E-state index contributed by atoms with van der Waals surface area (Å²) in [6, 6.07) is 11.2. The third kappa shape index (κ3) is 3.79. The number of rotatable bonds is 6. The topological polar surface area (TPSA) is 56.8 Å². The van der Waals surface area contributed by atoms with E-state index in [4.69, 9.17) is 14.2 Å². The van der Waals surface area contributed by atoms with E-state index in [0.29, 0.717) is 22.8 Å². The number of nitrogens with one attached hydrogen (secondary N) is 1. The Morgan fingerprint density at radius 2 is 1.50 bits per heavy atom. The summed E-state index contributed by atoms with van der Waals surface area (Å²) in [4.78, 5) is 12.6. The summed E-state index contributed by atoms with van der Waals surface area (Å²) < 4.78 is 15.8. The molecule has 2 aromatic rings. The maximum Gasteiger partial charge on any atom is 0.252 e. The molecule has 0 aliphatic rings. The van der Waals surface area contributed by atoms with Crippen molar-refractivity contribution in [1.29, 1.82) is 0 Å². The van der Waals surface area contributed by atoms with Crippen molar-refractivity contribution in [1.82, 2.24) is 5.32 Å². The maximum atomic E-state index is 12.6. The van der Waals surface area contributed by atoms with E-state index >= 15 is 0 Å². The Kier molecular flexibility index (Phi) is 5.68. The molecule has 5 heteroatoms. The van der Waals surface area contributed by atoms with Crippen LogP contribution in [0.15, 0.2) is 36.4 Å². The molecule has 0 unspecified atom stereocenters. The standard InChI is InChI=1S/C19H23NO4/c1-12-6-8-14(9-7-12)13(2)20-19(21)15-10-16(22-3)18(24-5)17(11-15)23-4/h6-11,13H,1-5H3,(H,20,21)/t13-/m0/s1. The van der Waals surface area contributed by atoms with Gasteiger partial charge in [0.2, 0.25) is 5.75 Å². The fraction of sp³-hybridized carbons (Fsp3) is 0.316. The summed E-state index contributed by atoms with van der Waals surface area (Å²) in [6.45, 7) is 3.98. The van der Waals surface area contributed by atoms with Crippen LogP contribution in [0.25, 0.3) is 0 Å². The Labute approximate surface area is 142 Å². The van der Waals surface area contributed by atoms with Crippen molar-refractivity contribution in [3.63, 3.8) is 0 Å². The van der Waals surface area contributed by atoms with Crippen molar-refractivity contribution < 1.29 is 19.0 Å². The molecule has 0 spiro atoms. The minimum absolute atomic E-state index is 0.114. The molecule has 0 heterocycles. The van der Waals surface area contributed by atoms with E-state index in [1.165, 1.54) is 26.9 Å². The van der Waals surface area contributed by atoms with Crippen LogP contribution in [0.4, 0.5) is 0 Å². The van der Waals surface area contributed by atoms with Gasteiger partial charge < -0.3 is 19.5 Å². The highest BCUT2D eigenvalue weighted by molar-refractivity contribution is 5.95. The lowest BCUT2D eigenvalue weighted by Gasteiger charge is -2.17. The van der Waals surface area contributed by atoms with Gasteiger partial charge in [0.25, 0.3) is 5.91 Å². The number of carbonyl (C=O) groups excluding carboxylic acids is 1. The lowest BCUT2D eigenvalue weighted by molar-refractivity contribution is 0.0939. The van der Waals surface area contributed by atoms with Crippen molar-refractivity contribution in [3.05, 3.63) is 53.1 Å². The van der Waals surface area contributed by atoms with Crippen LogP contribution in [0.5, 0.6) is 17.2 Å². The number of amides is 1. The average molecular weight is 329 g/mol. The fourth-order valence-electron chi connectivity index (χ4n) is 2.43. The lowest BCUT2D eigenvalue weighted by Crippen LogP contribution is -2.26. The van der Waals surface area contributed by atoms with E-state index in [2.05, 4.69) is 5.32 Å². The third-order valence-corrected chi connectivity index (χ3v) is 3.85. The fourth-order valence-corrected chi connectivity index (χ4v) is 2.43. The molecule has 0 aliphatic heterocycles. The zero-order valence-electron chi connectivity index (χ0n) is 14.7. The van der Waals surface area contributed by atoms with Crippen LogP contribution in [0.3, 0.4) is 0 Å². The van der Waals surface area contributed by atoms with E-state index in [0.717, 1.165) is 5.56 Å². The Morgan fingerprint density at radius 3 is 1.96 bits per heavy atom. The van der Waals surface area contributed by atoms with Crippen LogP contribution in [-0.4, -0.2) is 27.2 Å². The van der Waals surface area contributed by atoms with Gasteiger partial charge in [-0.1, -0.05) is 29.8 Å². The predicted molar refractivity (Wildman–Crippen MR) is 93.2 cm³/mol. The molecular formula is C19H23NO4. The first kappa shape index (κ1) is 17.7. The van der Waals surface area contributed by atoms with Crippen LogP contribution < -0.4 is 19.5 Å². The van der Waals surface area contributed by atoms with Gasteiger partial charge in [0.05, 0.1) is 27.4 Å². The molecule has 5 nitrogen and oxygen atoms in total. The second-order valence-electron chi connectivity index (χ2n) is 5.52. The molecule has 1 atom stereocenters. The second-order valence-corrected chi connectivity index (χ2v) is 5.52. The molecule has 0 bridgehead atoms. The minimum atomic E-state index is -0.206. The number of hydrogen-bond donors (Lipinski definition) is 1. The molecule has 0 radical (unpaired) electrons. The summed E-state index contributed by atoms with van der Waals surface area (Å²) in [7, 11) is 4.57. The molecule has 0 aromatic heterocycles.